The number of pyridine rings is 1. The molecule has 3 heterocycles. The predicted octanol–water partition coefficient (Wildman–Crippen LogP) is 2.42. The highest BCUT2D eigenvalue weighted by Crippen LogP contribution is 2.19. The first-order valence-corrected chi connectivity index (χ1v) is 7.83. The monoisotopic (exact) mass is 333 g/mol. The van der Waals surface area contributed by atoms with E-state index in [1.807, 2.05) is 4.57 Å². The first kappa shape index (κ1) is 14.8. The minimum absolute atomic E-state index is 0.157. The molecule has 0 fully saturated rings. The number of nitrogens with zero attached hydrogens (tertiary/aromatic N) is 5. The van der Waals surface area contributed by atoms with E-state index in [9.17, 15) is 4.79 Å². The Hall–Kier alpha value is -2.12. The molecule has 22 heavy (non-hydrogen) atoms. The van der Waals surface area contributed by atoms with Crippen LogP contribution in [0.15, 0.2) is 53.3 Å². The minimum Gasteiger partial charge on any atom is -0.305 e. The summed E-state index contributed by atoms with van der Waals surface area (Å²) in [6.45, 7) is 4.34. The lowest BCUT2D eigenvalue weighted by Gasteiger charge is -2.05. The highest BCUT2D eigenvalue weighted by Gasteiger charge is 2.07. The number of halogens is 1. The molecule has 0 atom stereocenters. The lowest BCUT2D eigenvalue weighted by atomic mass is 10.4. The van der Waals surface area contributed by atoms with Crippen molar-refractivity contribution >= 4 is 29.0 Å². The van der Waals surface area contributed by atoms with E-state index in [-0.39, 0.29) is 5.56 Å². The molecule has 0 saturated carbocycles. The van der Waals surface area contributed by atoms with Crippen molar-refractivity contribution in [3.63, 3.8) is 0 Å². The molecule has 0 saturated heterocycles. The Labute approximate surface area is 135 Å². The van der Waals surface area contributed by atoms with Crippen LogP contribution in [0.4, 0.5) is 0 Å². The van der Waals surface area contributed by atoms with Crippen molar-refractivity contribution in [2.24, 2.45) is 0 Å². The molecule has 0 unspecified atom stereocenters. The predicted molar refractivity (Wildman–Crippen MR) is 86.3 cm³/mol. The standard InChI is InChI=1S/C14H12ClN5OS/c1-2-5-19-9-16-18-14(19)22-8-11-6-13(21)20-7-10(15)3-4-12(20)17-11/h2-4,6-7,9H,1,5,8H2. The van der Waals surface area contributed by atoms with E-state index in [2.05, 4.69) is 21.8 Å². The van der Waals surface area contributed by atoms with Crippen LogP contribution in [-0.2, 0) is 12.3 Å². The highest BCUT2D eigenvalue weighted by molar-refractivity contribution is 7.98. The molecule has 6 nitrogen and oxygen atoms in total. The fourth-order valence-electron chi connectivity index (χ4n) is 1.96. The number of hydrogen-bond acceptors (Lipinski definition) is 5. The van der Waals surface area contributed by atoms with Gasteiger partial charge in [-0.15, -0.1) is 16.8 Å². The normalized spacial score (nSPS) is 11.0. The Bertz CT molecular complexity index is 888. The average molecular weight is 334 g/mol. The summed E-state index contributed by atoms with van der Waals surface area (Å²) in [7, 11) is 0. The van der Waals surface area contributed by atoms with Gasteiger partial charge in [0.05, 0.1) is 10.7 Å². The van der Waals surface area contributed by atoms with Crippen molar-refractivity contribution in [2.45, 2.75) is 17.5 Å². The third-order valence-electron chi connectivity index (χ3n) is 2.93. The van der Waals surface area contributed by atoms with Gasteiger partial charge in [0.25, 0.3) is 5.56 Å². The van der Waals surface area contributed by atoms with Crippen molar-refractivity contribution < 1.29 is 0 Å². The third-order valence-corrected chi connectivity index (χ3v) is 4.17. The Morgan fingerprint density at radius 2 is 2.27 bits per heavy atom. The summed E-state index contributed by atoms with van der Waals surface area (Å²) in [6.07, 6.45) is 4.98. The van der Waals surface area contributed by atoms with Gasteiger partial charge in [-0.05, 0) is 12.1 Å². The molecule has 8 heteroatoms. The van der Waals surface area contributed by atoms with Crippen molar-refractivity contribution in [1.29, 1.82) is 0 Å². The van der Waals surface area contributed by atoms with Crippen LogP contribution in [-0.4, -0.2) is 24.1 Å². The van der Waals surface area contributed by atoms with Crippen LogP contribution in [0.25, 0.3) is 5.65 Å². The second-order valence-corrected chi connectivity index (χ2v) is 5.88. The fourth-order valence-corrected chi connectivity index (χ4v) is 2.94. The Kier molecular flexibility index (Phi) is 4.26. The summed E-state index contributed by atoms with van der Waals surface area (Å²) in [5.74, 6) is 0.532. The molecule has 3 aromatic heterocycles. The molecule has 0 amide bonds. The number of hydrogen-bond donors (Lipinski definition) is 0. The molecule has 3 aromatic rings. The van der Waals surface area contributed by atoms with Gasteiger partial charge in [0.1, 0.15) is 12.0 Å². The molecule has 0 aromatic carbocycles. The Balaban J connectivity index is 1.85. The molecule has 0 aliphatic rings. The van der Waals surface area contributed by atoms with E-state index < -0.39 is 0 Å². The first-order chi connectivity index (χ1) is 10.7. The molecule has 0 bridgehead atoms. The zero-order chi connectivity index (χ0) is 15.5. The maximum absolute atomic E-state index is 12.1. The lowest BCUT2D eigenvalue weighted by Crippen LogP contribution is -2.15. The molecule has 3 rings (SSSR count). The number of thioether (sulfide) groups is 1. The smallest absolute Gasteiger partial charge is 0.258 e. The van der Waals surface area contributed by atoms with Crippen molar-refractivity contribution in [3.8, 4) is 0 Å². The second kappa shape index (κ2) is 6.33. The van der Waals surface area contributed by atoms with Gasteiger partial charge >= 0.3 is 0 Å². The van der Waals surface area contributed by atoms with Gasteiger partial charge in [0.15, 0.2) is 5.16 Å². The van der Waals surface area contributed by atoms with Crippen LogP contribution in [0, 0.1) is 0 Å². The summed E-state index contributed by atoms with van der Waals surface area (Å²) >= 11 is 7.36. The summed E-state index contributed by atoms with van der Waals surface area (Å²) in [6, 6.07) is 4.93. The SMILES string of the molecule is C=CCn1cnnc1SCc1cc(=O)n2cc(Cl)ccc2n1. The molecular weight excluding hydrogens is 322 g/mol. The van der Waals surface area contributed by atoms with Crippen molar-refractivity contribution in [3.05, 3.63) is 64.4 Å². The first-order valence-electron chi connectivity index (χ1n) is 6.47. The second-order valence-electron chi connectivity index (χ2n) is 4.50. The van der Waals surface area contributed by atoms with Crippen LogP contribution in [0.2, 0.25) is 5.02 Å². The number of fused-ring (bicyclic) bond motifs is 1. The number of rotatable bonds is 5. The zero-order valence-electron chi connectivity index (χ0n) is 11.5. The molecular formula is C14H12ClN5OS. The van der Waals surface area contributed by atoms with Gasteiger partial charge in [0.2, 0.25) is 0 Å². The lowest BCUT2D eigenvalue weighted by molar-refractivity contribution is 0.724. The van der Waals surface area contributed by atoms with Gasteiger partial charge in [-0.25, -0.2) is 4.98 Å². The zero-order valence-corrected chi connectivity index (χ0v) is 13.1. The Morgan fingerprint density at radius 1 is 1.41 bits per heavy atom. The molecule has 0 spiro atoms. The molecule has 112 valence electrons. The molecule has 0 radical (unpaired) electrons. The van der Waals surface area contributed by atoms with E-state index in [0.29, 0.717) is 28.7 Å². The van der Waals surface area contributed by atoms with Crippen LogP contribution in [0.3, 0.4) is 0 Å². The van der Waals surface area contributed by atoms with Crippen molar-refractivity contribution in [2.75, 3.05) is 0 Å². The van der Waals surface area contributed by atoms with Gasteiger partial charge in [-0.1, -0.05) is 29.4 Å². The van der Waals surface area contributed by atoms with Crippen LogP contribution < -0.4 is 5.56 Å². The molecule has 0 N–H and O–H groups in total. The third kappa shape index (κ3) is 3.05. The summed E-state index contributed by atoms with van der Waals surface area (Å²) < 4.78 is 3.31. The number of allylic oxidation sites excluding steroid dienone is 1. The number of aromatic nitrogens is 5. The summed E-state index contributed by atoms with van der Waals surface area (Å²) in [4.78, 5) is 16.5. The summed E-state index contributed by atoms with van der Waals surface area (Å²) in [5.41, 5.74) is 1.10. The maximum atomic E-state index is 12.1. The fraction of sp³-hybridized carbons (Fsp3) is 0.143. The molecule has 0 aliphatic heterocycles. The van der Waals surface area contributed by atoms with Gasteiger partial charge in [-0.2, -0.15) is 0 Å². The van der Waals surface area contributed by atoms with Crippen LogP contribution in [0.5, 0.6) is 0 Å². The highest BCUT2D eigenvalue weighted by atomic mass is 35.5. The van der Waals surface area contributed by atoms with E-state index in [1.165, 1.54) is 22.2 Å². The van der Waals surface area contributed by atoms with E-state index in [1.54, 1.807) is 30.7 Å². The maximum Gasteiger partial charge on any atom is 0.258 e. The van der Waals surface area contributed by atoms with E-state index in [0.717, 1.165) is 5.16 Å². The van der Waals surface area contributed by atoms with Crippen LogP contribution >= 0.6 is 23.4 Å². The minimum atomic E-state index is -0.157. The van der Waals surface area contributed by atoms with E-state index in [4.69, 9.17) is 11.6 Å². The topological polar surface area (TPSA) is 65.1 Å². The van der Waals surface area contributed by atoms with Gasteiger partial charge in [0, 0.05) is 24.6 Å². The van der Waals surface area contributed by atoms with Gasteiger partial charge < -0.3 is 4.57 Å². The van der Waals surface area contributed by atoms with Crippen LogP contribution in [0.1, 0.15) is 5.69 Å². The summed E-state index contributed by atoms with van der Waals surface area (Å²) in [5, 5.41) is 9.18. The Morgan fingerprint density at radius 3 is 3.09 bits per heavy atom. The average Bonchev–Trinajstić information content (AvgIpc) is 2.94. The molecule has 0 aliphatic carbocycles. The van der Waals surface area contributed by atoms with E-state index >= 15 is 0 Å². The van der Waals surface area contributed by atoms with Gasteiger partial charge in [-0.3, -0.25) is 9.20 Å². The largest absolute Gasteiger partial charge is 0.305 e. The van der Waals surface area contributed by atoms with Crippen molar-refractivity contribution in [1.82, 2.24) is 24.1 Å². The quantitative estimate of drug-likeness (QED) is 0.530.